The van der Waals surface area contributed by atoms with E-state index in [9.17, 15) is 0 Å². The van der Waals surface area contributed by atoms with Gasteiger partial charge in [0.25, 0.3) is 0 Å². The fourth-order valence-electron chi connectivity index (χ4n) is 4.46. The van der Waals surface area contributed by atoms with Crippen LogP contribution in [-0.4, -0.2) is 15.7 Å². The Hall–Kier alpha value is 0.130. The Bertz CT molecular complexity index is 296. The van der Waals surface area contributed by atoms with E-state index in [0.717, 1.165) is 17.7 Å². The molecule has 122 valence electrons. The molecular formula is C19H40B2. The van der Waals surface area contributed by atoms with Gasteiger partial charge in [0.15, 0.2) is 0 Å². The lowest BCUT2D eigenvalue weighted by atomic mass is 9.44. The molecule has 0 aromatic rings. The summed E-state index contributed by atoms with van der Waals surface area (Å²) in [5.74, 6) is 2.51. The quantitative estimate of drug-likeness (QED) is 0.548. The zero-order valence-electron chi connectivity index (χ0n) is 16.1. The van der Waals surface area contributed by atoms with E-state index in [-0.39, 0.29) is 0 Å². The van der Waals surface area contributed by atoms with Crippen molar-refractivity contribution < 1.29 is 0 Å². The van der Waals surface area contributed by atoms with Crippen LogP contribution in [-0.2, 0) is 0 Å². The predicted octanol–water partition coefficient (Wildman–Crippen LogP) is 5.04. The minimum Gasteiger partial charge on any atom is -0.0710 e. The van der Waals surface area contributed by atoms with Gasteiger partial charge in [-0.3, -0.25) is 0 Å². The Labute approximate surface area is 137 Å². The highest BCUT2D eigenvalue weighted by molar-refractivity contribution is 6.24. The molecule has 1 fully saturated rings. The number of rotatable bonds is 0. The molecule has 21 heavy (non-hydrogen) atoms. The van der Waals surface area contributed by atoms with Crippen molar-refractivity contribution in [3.05, 3.63) is 0 Å². The Morgan fingerprint density at radius 2 is 1.38 bits per heavy atom. The maximum absolute atomic E-state index is 2.53. The van der Waals surface area contributed by atoms with E-state index in [4.69, 9.17) is 0 Å². The lowest BCUT2D eigenvalue weighted by Crippen LogP contribution is -2.35. The van der Waals surface area contributed by atoms with E-state index in [1.165, 1.54) is 57.8 Å². The summed E-state index contributed by atoms with van der Waals surface area (Å²) in [5, 5.41) is 0.446. The van der Waals surface area contributed by atoms with Gasteiger partial charge in [-0.1, -0.05) is 97.1 Å². The summed E-state index contributed by atoms with van der Waals surface area (Å²) >= 11 is 0. The molecule has 1 saturated carbocycles. The van der Waals surface area contributed by atoms with E-state index in [1.807, 2.05) is 0 Å². The molecule has 0 aliphatic heterocycles. The van der Waals surface area contributed by atoms with Crippen molar-refractivity contribution in [2.75, 3.05) is 0 Å². The molecule has 1 aliphatic rings. The van der Waals surface area contributed by atoms with E-state index < -0.39 is 0 Å². The van der Waals surface area contributed by atoms with Crippen LogP contribution in [0.4, 0.5) is 0 Å². The molecule has 0 aromatic heterocycles. The maximum atomic E-state index is 2.53. The third-order valence-corrected chi connectivity index (χ3v) is 7.08. The molecule has 0 aromatic carbocycles. The van der Waals surface area contributed by atoms with Crippen LogP contribution < -0.4 is 0 Å². The first-order valence-electron chi connectivity index (χ1n) is 9.68. The topological polar surface area (TPSA) is 0 Å². The SMILES string of the molecule is BC1CC(C)CCCCCCCCC(C)(C)C(C)C1(B)C. The molecule has 1 aliphatic carbocycles. The molecule has 0 N–H and O–H groups in total. The normalized spacial score (nSPS) is 40.3. The summed E-state index contributed by atoms with van der Waals surface area (Å²) in [4.78, 5) is 0. The van der Waals surface area contributed by atoms with Gasteiger partial charge in [-0.2, -0.15) is 0 Å². The third-order valence-electron chi connectivity index (χ3n) is 7.08. The molecule has 1 rings (SSSR count). The van der Waals surface area contributed by atoms with Crippen LogP contribution >= 0.6 is 0 Å². The van der Waals surface area contributed by atoms with Crippen molar-refractivity contribution in [1.82, 2.24) is 0 Å². The Morgan fingerprint density at radius 3 is 2.00 bits per heavy atom. The first kappa shape index (κ1) is 19.2. The molecule has 0 heterocycles. The number of hydrogen-bond donors (Lipinski definition) is 0. The minimum absolute atomic E-state index is 0.446. The molecular weight excluding hydrogens is 250 g/mol. The first-order chi connectivity index (χ1) is 9.68. The van der Waals surface area contributed by atoms with Crippen LogP contribution in [0.25, 0.3) is 0 Å². The van der Waals surface area contributed by atoms with Crippen LogP contribution in [0.15, 0.2) is 0 Å². The zero-order valence-corrected chi connectivity index (χ0v) is 16.1. The van der Waals surface area contributed by atoms with Gasteiger partial charge in [0, 0.05) is 0 Å². The molecule has 2 heteroatoms. The monoisotopic (exact) mass is 290 g/mol. The molecule has 0 radical (unpaired) electrons. The van der Waals surface area contributed by atoms with Gasteiger partial charge in [0.2, 0.25) is 0 Å². The zero-order chi connectivity index (χ0) is 16.1. The summed E-state index contributed by atoms with van der Waals surface area (Å²) < 4.78 is 0. The van der Waals surface area contributed by atoms with Crippen LogP contribution in [0.5, 0.6) is 0 Å². The summed E-state index contributed by atoms with van der Waals surface area (Å²) in [5.41, 5.74) is 0.477. The molecule has 4 atom stereocenters. The van der Waals surface area contributed by atoms with Gasteiger partial charge < -0.3 is 0 Å². The van der Waals surface area contributed by atoms with Gasteiger partial charge in [-0.25, -0.2) is 0 Å². The van der Waals surface area contributed by atoms with Crippen LogP contribution in [0.3, 0.4) is 0 Å². The van der Waals surface area contributed by atoms with Crippen LogP contribution in [0, 0.1) is 17.3 Å². The van der Waals surface area contributed by atoms with Crippen molar-refractivity contribution in [2.45, 2.75) is 104 Å². The van der Waals surface area contributed by atoms with Gasteiger partial charge in [0.1, 0.15) is 15.7 Å². The van der Waals surface area contributed by atoms with Crippen molar-refractivity contribution >= 4 is 15.7 Å². The highest BCUT2D eigenvalue weighted by Gasteiger charge is 2.40. The van der Waals surface area contributed by atoms with E-state index in [0.29, 0.717) is 10.7 Å². The van der Waals surface area contributed by atoms with Crippen molar-refractivity contribution in [3.8, 4) is 0 Å². The molecule has 0 bridgehead atoms. The van der Waals surface area contributed by atoms with Gasteiger partial charge in [-0.15, -0.1) is 0 Å². The van der Waals surface area contributed by atoms with E-state index >= 15 is 0 Å². The van der Waals surface area contributed by atoms with Gasteiger partial charge in [0.05, 0.1) is 0 Å². The second-order valence-electron chi connectivity index (χ2n) is 9.43. The van der Waals surface area contributed by atoms with Crippen LogP contribution in [0.2, 0.25) is 11.1 Å². The molecule has 0 spiro atoms. The van der Waals surface area contributed by atoms with Gasteiger partial charge >= 0.3 is 0 Å². The summed E-state index contributed by atoms with van der Waals surface area (Å²) in [6.45, 7) is 12.6. The smallest absolute Gasteiger partial charge is 0.0710 e. The molecule has 0 nitrogen and oxygen atoms in total. The van der Waals surface area contributed by atoms with Crippen molar-refractivity contribution in [3.63, 3.8) is 0 Å². The Morgan fingerprint density at radius 1 is 0.857 bits per heavy atom. The van der Waals surface area contributed by atoms with Crippen molar-refractivity contribution in [2.24, 2.45) is 17.3 Å². The average Bonchev–Trinajstić information content (AvgIpc) is 2.39. The minimum atomic E-state index is 0.446. The largest absolute Gasteiger partial charge is 0.108 e. The first-order valence-corrected chi connectivity index (χ1v) is 9.68. The average molecular weight is 290 g/mol. The van der Waals surface area contributed by atoms with Gasteiger partial charge in [-0.05, 0) is 23.7 Å². The fraction of sp³-hybridized carbons (Fsp3) is 1.00. The molecule has 4 unspecified atom stereocenters. The van der Waals surface area contributed by atoms with Crippen LogP contribution in [0.1, 0.15) is 92.4 Å². The van der Waals surface area contributed by atoms with Crippen molar-refractivity contribution in [1.29, 1.82) is 0 Å². The van der Waals surface area contributed by atoms with E-state index in [2.05, 4.69) is 50.3 Å². The summed E-state index contributed by atoms with van der Waals surface area (Å²) in [6, 6.07) is 0. The second-order valence-corrected chi connectivity index (χ2v) is 9.43. The fourth-order valence-corrected chi connectivity index (χ4v) is 4.46. The maximum Gasteiger partial charge on any atom is 0.108 e. The highest BCUT2D eigenvalue weighted by Crippen LogP contribution is 2.53. The third kappa shape index (κ3) is 5.68. The lowest BCUT2D eigenvalue weighted by molar-refractivity contribution is 0.147. The summed E-state index contributed by atoms with van der Waals surface area (Å²) in [7, 11) is 5.04. The molecule has 0 saturated heterocycles. The lowest BCUT2D eigenvalue weighted by Gasteiger charge is -2.47. The highest BCUT2D eigenvalue weighted by atomic mass is 14.4. The predicted molar refractivity (Wildman–Crippen MR) is 103 cm³/mol. The molecule has 0 amide bonds. The standard InChI is InChI=1S/C19H40B2/c1-15-12-10-8-6-7-9-11-13-18(3,4)16(2)19(5,21)17(20)14-15/h15-17H,6-14,20-21H2,1-5H3. The Kier molecular flexibility index (Phi) is 7.41. The summed E-state index contributed by atoms with van der Waals surface area (Å²) in [6.07, 6.45) is 13.0. The second kappa shape index (κ2) is 8.11. The Balaban J connectivity index is 2.81. The number of hydrogen-bond acceptors (Lipinski definition) is 0. The van der Waals surface area contributed by atoms with E-state index in [1.54, 1.807) is 0 Å².